The first-order valence-corrected chi connectivity index (χ1v) is 22.7. The molecule has 0 aromatic rings. The number of rotatable bonds is 38. The molecule has 0 amide bonds. The normalized spacial score (nSPS) is 14.1. The summed E-state index contributed by atoms with van der Waals surface area (Å²) in [7, 11) is -4.12. The zero-order chi connectivity index (χ0) is 34.0. The Hall–Kier alpha value is -0.130. The van der Waals surface area contributed by atoms with Crippen molar-refractivity contribution in [1.29, 1.82) is 0 Å². The second-order valence-electron chi connectivity index (χ2n) is 15.2. The Labute approximate surface area is 291 Å². The lowest BCUT2D eigenvalue weighted by atomic mass is 10.0. The molecule has 5 heteroatoms. The van der Waals surface area contributed by atoms with E-state index in [2.05, 4.69) is 27.7 Å². The van der Waals surface area contributed by atoms with Gasteiger partial charge in [0.1, 0.15) is 0 Å². The molecule has 0 spiro atoms. The zero-order valence-electron chi connectivity index (χ0n) is 32.0. The van der Waals surface area contributed by atoms with Crippen molar-refractivity contribution in [2.75, 3.05) is 12.3 Å². The first-order valence-electron chi connectivity index (χ1n) is 21.1. The maximum atomic E-state index is 11.2. The van der Waals surface area contributed by atoms with Crippen molar-refractivity contribution < 1.29 is 17.9 Å². The molecule has 0 aliphatic heterocycles. The minimum absolute atomic E-state index is 0.214. The summed E-state index contributed by atoms with van der Waals surface area (Å²) in [5.41, 5.74) is 0. The number of quaternary nitrogens is 1. The fraction of sp³-hybridized carbons (Fsp3) is 1.00. The number of hydrogen-bond acceptors (Lipinski definition) is 3. The van der Waals surface area contributed by atoms with Crippen LogP contribution in [-0.4, -0.2) is 37.4 Å². The van der Waals surface area contributed by atoms with Crippen LogP contribution in [0.25, 0.3) is 0 Å². The molecule has 46 heavy (non-hydrogen) atoms. The van der Waals surface area contributed by atoms with Gasteiger partial charge in [-0.25, -0.2) is 8.42 Å². The van der Waals surface area contributed by atoms with Crippen LogP contribution in [0.1, 0.15) is 240 Å². The van der Waals surface area contributed by atoms with E-state index in [4.69, 9.17) is 0 Å². The molecule has 0 heterocycles. The van der Waals surface area contributed by atoms with Crippen molar-refractivity contribution in [3.63, 3.8) is 0 Å². The highest BCUT2D eigenvalue weighted by Gasteiger charge is 2.23. The van der Waals surface area contributed by atoms with E-state index in [1.54, 1.807) is 0 Å². The largest absolute Gasteiger partial charge is 0.748 e. The summed E-state index contributed by atoms with van der Waals surface area (Å²) >= 11 is 0. The van der Waals surface area contributed by atoms with Gasteiger partial charge in [-0.1, -0.05) is 194 Å². The van der Waals surface area contributed by atoms with Gasteiger partial charge in [0.2, 0.25) is 0 Å². The molecule has 0 aliphatic carbocycles. The van der Waals surface area contributed by atoms with E-state index in [0.717, 1.165) is 6.54 Å². The second-order valence-corrected chi connectivity index (χ2v) is 16.7. The Morgan fingerprint density at radius 2 is 0.652 bits per heavy atom. The van der Waals surface area contributed by atoms with Crippen LogP contribution in [-0.2, 0) is 10.1 Å². The molecule has 4 nitrogen and oxygen atoms in total. The van der Waals surface area contributed by atoms with E-state index in [1.165, 1.54) is 210 Å². The van der Waals surface area contributed by atoms with E-state index >= 15 is 0 Å². The quantitative estimate of drug-likeness (QED) is 0.0525. The monoisotopic (exact) mass is 672 g/mol. The third-order valence-electron chi connectivity index (χ3n) is 10.6. The molecule has 0 aromatic heterocycles. The molecule has 2 atom stereocenters. The summed E-state index contributed by atoms with van der Waals surface area (Å²) in [5, 5.41) is 0. The van der Waals surface area contributed by atoms with Crippen molar-refractivity contribution in [1.82, 2.24) is 0 Å². The molecule has 0 rings (SSSR count). The smallest absolute Gasteiger partial charge is 0.0948 e. The maximum absolute atomic E-state index is 11.2. The second kappa shape index (κ2) is 34.7. The summed E-state index contributed by atoms with van der Waals surface area (Å²) in [6.45, 7) is 10.1. The third-order valence-corrected chi connectivity index (χ3v) is 11.4. The average Bonchev–Trinajstić information content (AvgIpc) is 3.02. The van der Waals surface area contributed by atoms with Gasteiger partial charge < -0.3 is 9.45 Å². The molecule has 0 aromatic carbocycles. The Kier molecular flexibility index (Phi) is 34.6. The van der Waals surface area contributed by atoms with Crippen LogP contribution in [0.3, 0.4) is 0 Å². The molecule has 0 bridgehead atoms. The fourth-order valence-electron chi connectivity index (χ4n) is 7.45. The van der Waals surface area contributed by atoms with Gasteiger partial charge in [0.05, 0.1) is 28.7 Å². The molecule has 0 fully saturated rings. The predicted octanol–water partition coefficient (Wildman–Crippen LogP) is 12.1. The van der Waals surface area contributed by atoms with Crippen LogP contribution >= 0.6 is 0 Å². The molecule has 1 N–H and O–H groups in total. The van der Waals surface area contributed by atoms with Crippen molar-refractivity contribution in [3.8, 4) is 0 Å². The molecule has 278 valence electrons. The fourth-order valence-corrected chi connectivity index (χ4v) is 7.94. The maximum Gasteiger partial charge on any atom is 0.0948 e. The van der Waals surface area contributed by atoms with E-state index in [1.807, 2.05) is 0 Å². The van der Waals surface area contributed by atoms with Crippen LogP contribution in [0.5, 0.6) is 0 Å². The highest BCUT2D eigenvalue weighted by Crippen LogP contribution is 2.16. The minimum Gasteiger partial charge on any atom is -0.748 e. The molecular weight excluding hydrogens is 587 g/mol. The van der Waals surface area contributed by atoms with Crippen LogP contribution in [0.4, 0.5) is 0 Å². The van der Waals surface area contributed by atoms with Gasteiger partial charge in [-0.05, 0) is 39.5 Å². The molecular formula is C41H85NO3S. The summed E-state index contributed by atoms with van der Waals surface area (Å²) in [4.78, 5) is 1.53. The topological polar surface area (TPSA) is 61.6 Å². The number of unbranched alkanes of at least 4 members (excludes halogenated alkanes) is 28. The van der Waals surface area contributed by atoms with Crippen LogP contribution in [0.15, 0.2) is 0 Å². The van der Waals surface area contributed by atoms with Gasteiger partial charge in [0, 0.05) is 12.2 Å². The SMILES string of the molecule is CCCCCCCCCCCCCCCCCC(C)[NH+](CCCS(=O)(=O)[O-])C(C)CCCCCCCCCCCCCCCCC. The highest BCUT2D eigenvalue weighted by molar-refractivity contribution is 7.85. The summed E-state index contributed by atoms with van der Waals surface area (Å²) in [5.74, 6) is -0.214. The molecule has 2 unspecified atom stereocenters. The van der Waals surface area contributed by atoms with E-state index < -0.39 is 10.1 Å². The standard InChI is InChI=1S/C41H85NO3S/c1-5-7-9-11-13-15-17-19-21-23-25-27-29-31-33-36-40(3)42(38-35-39-46(43,44)45)41(4)37-34-32-30-28-26-24-22-20-18-16-14-12-10-8-6-2/h40-41H,5-39H2,1-4H3,(H,43,44,45). The molecule has 0 radical (unpaired) electrons. The Morgan fingerprint density at radius 3 is 0.891 bits per heavy atom. The Balaban J connectivity index is 3.99. The van der Waals surface area contributed by atoms with Gasteiger partial charge in [0.25, 0.3) is 0 Å². The first-order chi connectivity index (χ1) is 22.3. The van der Waals surface area contributed by atoms with Crippen molar-refractivity contribution in [3.05, 3.63) is 0 Å². The van der Waals surface area contributed by atoms with E-state index in [9.17, 15) is 13.0 Å². The van der Waals surface area contributed by atoms with Crippen molar-refractivity contribution in [2.24, 2.45) is 0 Å². The molecule has 0 aliphatic rings. The lowest BCUT2D eigenvalue weighted by molar-refractivity contribution is -0.946. The van der Waals surface area contributed by atoms with Gasteiger partial charge >= 0.3 is 0 Å². The van der Waals surface area contributed by atoms with Gasteiger partial charge in [-0.2, -0.15) is 0 Å². The van der Waals surface area contributed by atoms with Gasteiger partial charge in [-0.3, -0.25) is 0 Å². The Bertz CT molecular complexity index is 658. The minimum atomic E-state index is -4.12. The van der Waals surface area contributed by atoms with Gasteiger partial charge in [0.15, 0.2) is 0 Å². The lowest BCUT2D eigenvalue weighted by Gasteiger charge is -2.32. The molecule has 0 saturated carbocycles. The third kappa shape index (κ3) is 33.8. The Morgan fingerprint density at radius 1 is 0.413 bits per heavy atom. The highest BCUT2D eigenvalue weighted by atomic mass is 32.2. The van der Waals surface area contributed by atoms with Crippen molar-refractivity contribution in [2.45, 2.75) is 252 Å². The van der Waals surface area contributed by atoms with Crippen molar-refractivity contribution >= 4 is 10.1 Å². The summed E-state index contributed by atoms with van der Waals surface area (Å²) in [6, 6.07) is 1.06. The summed E-state index contributed by atoms with van der Waals surface area (Å²) in [6.07, 6.45) is 44.7. The number of nitrogens with one attached hydrogen (secondary N) is 1. The van der Waals surface area contributed by atoms with Crippen LogP contribution < -0.4 is 4.90 Å². The van der Waals surface area contributed by atoms with Crippen LogP contribution in [0.2, 0.25) is 0 Å². The first kappa shape index (κ1) is 45.9. The summed E-state index contributed by atoms with van der Waals surface area (Å²) < 4.78 is 33.7. The van der Waals surface area contributed by atoms with E-state index in [-0.39, 0.29) is 5.75 Å². The van der Waals surface area contributed by atoms with Crippen LogP contribution in [0, 0.1) is 0 Å². The number of hydrogen-bond donors (Lipinski definition) is 1. The average molecular weight is 672 g/mol. The predicted molar refractivity (Wildman–Crippen MR) is 203 cm³/mol. The van der Waals surface area contributed by atoms with E-state index in [0.29, 0.717) is 18.5 Å². The lowest BCUT2D eigenvalue weighted by Crippen LogP contribution is -3.18. The molecule has 0 saturated heterocycles. The van der Waals surface area contributed by atoms with Gasteiger partial charge in [-0.15, -0.1) is 0 Å². The zero-order valence-corrected chi connectivity index (χ0v) is 32.9.